The molecular formula is C31H18N4. The molecule has 4 heteroatoms. The van der Waals surface area contributed by atoms with Crippen LogP contribution in [0.5, 0.6) is 0 Å². The molecule has 0 spiro atoms. The summed E-state index contributed by atoms with van der Waals surface area (Å²) in [6, 6.07) is 22.2. The zero-order chi connectivity index (χ0) is 22.7. The van der Waals surface area contributed by atoms with Gasteiger partial charge in [-0.05, 0) is 69.1 Å². The van der Waals surface area contributed by atoms with E-state index in [1.54, 1.807) is 0 Å². The fourth-order valence-corrected chi connectivity index (χ4v) is 6.55. The van der Waals surface area contributed by atoms with Gasteiger partial charge in [-0.15, -0.1) is 0 Å². The Kier molecular flexibility index (Phi) is 3.11. The van der Waals surface area contributed by atoms with Crippen LogP contribution in [0, 0.1) is 0 Å². The Balaban J connectivity index is 1.36. The summed E-state index contributed by atoms with van der Waals surface area (Å²) in [6.45, 7) is 0. The second-order valence-corrected chi connectivity index (χ2v) is 9.67. The van der Waals surface area contributed by atoms with Gasteiger partial charge in [0.1, 0.15) is 5.65 Å². The van der Waals surface area contributed by atoms with Crippen LogP contribution in [0.25, 0.3) is 60.6 Å². The summed E-state index contributed by atoms with van der Waals surface area (Å²) in [5.74, 6) is 0. The predicted octanol–water partition coefficient (Wildman–Crippen LogP) is 6.73. The molecule has 0 radical (unpaired) electrons. The Morgan fingerprint density at radius 1 is 0.571 bits per heavy atom. The minimum Gasteiger partial charge on any atom is -0.292 e. The molecule has 9 rings (SSSR count). The number of benzene rings is 3. The highest BCUT2D eigenvalue weighted by atomic mass is 15.0. The Labute approximate surface area is 200 Å². The first-order valence-electron chi connectivity index (χ1n) is 12.0. The molecule has 0 atom stereocenters. The van der Waals surface area contributed by atoms with Crippen molar-refractivity contribution < 1.29 is 0 Å². The summed E-state index contributed by atoms with van der Waals surface area (Å²) in [5.41, 5.74) is 15.6. The van der Waals surface area contributed by atoms with Gasteiger partial charge in [0.25, 0.3) is 0 Å². The van der Waals surface area contributed by atoms with Crippen molar-refractivity contribution in [1.29, 1.82) is 0 Å². The molecule has 4 aromatic heterocycles. The summed E-state index contributed by atoms with van der Waals surface area (Å²) in [5, 5.41) is 3.30. The Morgan fingerprint density at radius 2 is 1.31 bits per heavy atom. The molecule has 0 bridgehead atoms. The van der Waals surface area contributed by atoms with E-state index in [1.165, 1.54) is 44.5 Å². The van der Waals surface area contributed by atoms with Crippen LogP contribution in [-0.4, -0.2) is 19.4 Å². The van der Waals surface area contributed by atoms with Gasteiger partial charge in [-0.25, -0.2) is 4.98 Å². The van der Waals surface area contributed by atoms with Crippen LogP contribution in [0.2, 0.25) is 0 Å². The molecule has 3 aromatic carbocycles. The summed E-state index contributed by atoms with van der Waals surface area (Å²) < 4.78 is 2.30. The standard InChI is InChI=1S/C31H18N4/c1-2-4-18-17(3-1)13-23-19(18)5-6-20-21-7-8-29-30(25(21)14-24(20)23)34-31-22-9-11-32-15-26(22)27-16-33-12-10-28(27)35(29)31/h1-12,15-16H,13-14H2. The van der Waals surface area contributed by atoms with Crippen LogP contribution in [0.15, 0.2) is 85.5 Å². The van der Waals surface area contributed by atoms with E-state index in [0.29, 0.717) is 0 Å². The molecule has 0 saturated heterocycles. The summed E-state index contributed by atoms with van der Waals surface area (Å²) >= 11 is 0. The van der Waals surface area contributed by atoms with Crippen molar-refractivity contribution in [2.24, 2.45) is 0 Å². The number of aromatic nitrogens is 4. The van der Waals surface area contributed by atoms with Crippen LogP contribution in [0.3, 0.4) is 0 Å². The van der Waals surface area contributed by atoms with Gasteiger partial charge in [-0.2, -0.15) is 0 Å². The Bertz CT molecular complexity index is 2070. The van der Waals surface area contributed by atoms with E-state index in [0.717, 1.165) is 51.2 Å². The lowest BCUT2D eigenvalue weighted by molar-refractivity contribution is 1.17. The van der Waals surface area contributed by atoms with Gasteiger partial charge >= 0.3 is 0 Å². The number of imidazole rings is 1. The first-order chi connectivity index (χ1) is 17.4. The summed E-state index contributed by atoms with van der Waals surface area (Å²) in [6.07, 6.45) is 9.54. The second-order valence-electron chi connectivity index (χ2n) is 9.67. The SMILES string of the molecule is c1ccc2c(c1)Cc1c-2ccc2c1Cc1c-2ccc2c1nc1c3ccncc3c3cnccc3n21. The molecule has 0 fully saturated rings. The van der Waals surface area contributed by atoms with E-state index in [1.807, 2.05) is 24.8 Å². The number of hydrogen-bond acceptors (Lipinski definition) is 3. The van der Waals surface area contributed by atoms with Crippen molar-refractivity contribution in [3.8, 4) is 22.3 Å². The van der Waals surface area contributed by atoms with E-state index in [4.69, 9.17) is 4.98 Å². The van der Waals surface area contributed by atoms with Crippen LogP contribution >= 0.6 is 0 Å². The third-order valence-corrected chi connectivity index (χ3v) is 8.07. The average molecular weight is 447 g/mol. The van der Waals surface area contributed by atoms with Gasteiger partial charge in [0, 0.05) is 47.4 Å². The molecule has 0 aliphatic heterocycles. The van der Waals surface area contributed by atoms with Crippen molar-refractivity contribution in [2.75, 3.05) is 0 Å². The van der Waals surface area contributed by atoms with Crippen LogP contribution in [0.1, 0.15) is 22.3 Å². The van der Waals surface area contributed by atoms with Crippen LogP contribution in [-0.2, 0) is 12.8 Å². The van der Waals surface area contributed by atoms with Gasteiger partial charge in [0.2, 0.25) is 0 Å². The Hall–Kier alpha value is -4.57. The molecule has 4 heterocycles. The Morgan fingerprint density at radius 3 is 2.26 bits per heavy atom. The van der Waals surface area contributed by atoms with E-state index < -0.39 is 0 Å². The normalized spacial score (nSPS) is 13.5. The van der Waals surface area contributed by atoms with Crippen molar-refractivity contribution in [3.63, 3.8) is 0 Å². The molecule has 0 unspecified atom stereocenters. The molecule has 0 N–H and O–H groups in total. The van der Waals surface area contributed by atoms with Crippen LogP contribution in [0.4, 0.5) is 0 Å². The third kappa shape index (κ3) is 2.11. The summed E-state index contributed by atoms with van der Waals surface area (Å²) in [4.78, 5) is 14.1. The maximum atomic E-state index is 5.30. The monoisotopic (exact) mass is 446 g/mol. The largest absolute Gasteiger partial charge is 0.292 e. The molecule has 4 nitrogen and oxygen atoms in total. The highest BCUT2D eigenvalue weighted by molar-refractivity contribution is 6.13. The topological polar surface area (TPSA) is 43.1 Å². The zero-order valence-electron chi connectivity index (χ0n) is 18.8. The minimum atomic E-state index is 0.933. The smallest absolute Gasteiger partial charge is 0.146 e. The number of pyridine rings is 3. The maximum absolute atomic E-state index is 5.30. The summed E-state index contributed by atoms with van der Waals surface area (Å²) in [7, 11) is 0. The lowest BCUT2D eigenvalue weighted by Gasteiger charge is -2.08. The van der Waals surface area contributed by atoms with Crippen molar-refractivity contribution >= 4 is 38.4 Å². The van der Waals surface area contributed by atoms with E-state index in [2.05, 4.69) is 75.0 Å². The molecular weight excluding hydrogens is 428 g/mol. The second kappa shape index (κ2) is 6.10. The van der Waals surface area contributed by atoms with E-state index in [9.17, 15) is 0 Å². The zero-order valence-corrected chi connectivity index (χ0v) is 18.8. The molecule has 2 aliphatic rings. The van der Waals surface area contributed by atoms with E-state index >= 15 is 0 Å². The predicted molar refractivity (Wildman–Crippen MR) is 140 cm³/mol. The lowest BCUT2D eigenvalue weighted by Crippen LogP contribution is -1.92. The van der Waals surface area contributed by atoms with Crippen LogP contribution < -0.4 is 0 Å². The molecule has 0 amide bonds. The van der Waals surface area contributed by atoms with Gasteiger partial charge in [-0.3, -0.25) is 14.4 Å². The number of rotatable bonds is 0. The number of hydrogen-bond donors (Lipinski definition) is 0. The van der Waals surface area contributed by atoms with Crippen molar-refractivity contribution in [3.05, 3.63) is 108 Å². The molecule has 35 heavy (non-hydrogen) atoms. The van der Waals surface area contributed by atoms with Crippen molar-refractivity contribution in [1.82, 2.24) is 19.4 Å². The van der Waals surface area contributed by atoms with Gasteiger partial charge in [0.05, 0.1) is 16.6 Å². The minimum absolute atomic E-state index is 0.933. The maximum Gasteiger partial charge on any atom is 0.146 e. The quantitative estimate of drug-likeness (QED) is 0.243. The fraction of sp³-hybridized carbons (Fsp3) is 0.0645. The highest BCUT2D eigenvalue weighted by Crippen LogP contribution is 2.48. The molecule has 2 aliphatic carbocycles. The van der Waals surface area contributed by atoms with Gasteiger partial charge in [-0.1, -0.05) is 42.5 Å². The molecule has 162 valence electrons. The van der Waals surface area contributed by atoms with Gasteiger partial charge < -0.3 is 0 Å². The highest BCUT2D eigenvalue weighted by Gasteiger charge is 2.30. The van der Waals surface area contributed by atoms with Crippen molar-refractivity contribution in [2.45, 2.75) is 12.8 Å². The fourth-order valence-electron chi connectivity index (χ4n) is 6.55. The average Bonchev–Trinajstić information content (AvgIpc) is 3.60. The van der Waals surface area contributed by atoms with E-state index in [-0.39, 0.29) is 0 Å². The lowest BCUT2D eigenvalue weighted by atomic mass is 9.96. The van der Waals surface area contributed by atoms with Gasteiger partial charge in [0.15, 0.2) is 0 Å². The first kappa shape index (κ1) is 17.8. The third-order valence-electron chi connectivity index (χ3n) is 8.07. The first-order valence-corrected chi connectivity index (χ1v) is 12.0. The number of fused-ring (bicyclic) bond motifs is 16. The molecule has 7 aromatic rings. The molecule has 0 saturated carbocycles. The number of nitrogens with zero attached hydrogens (tertiary/aromatic N) is 4.